The fourth-order valence-electron chi connectivity index (χ4n) is 3.93. The largest absolute Gasteiger partial charge is 0.550 e. The Kier molecular flexibility index (Phi) is 7.57. The van der Waals surface area contributed by atoms with Gasteiger partial charge in [-0.25, -0.2) is 0 Å². The van der Waals surface area contributed by atoms with Crippen LogP contribution in [0.15, 0.2) is 60.7 Å². The number of aliphatic carboxylic acids is 2. The van der Waals surface area contributed by atoms with Gasteiger partial charge in [-0.05, 0) is 25.2 Å². The van der Waals surface area contributed by atoms with Gasteiger partial charge in [0, 0.05) is 23.0 Å². The van der Waals surface area contributed by atoms with E-state index in [4.69, 9.17) is 5.11 Å². The molecule has 0 bridgehead atoms. The van der Waals surface area contributed by atoms with Crippen LogP contribution in [0.1, 0.15) is 44.7 Å². The van der Waals surface area contributed by atoms with E-state index in [9.17, 15) is 14.7 Å². The van der Waals surface area contributed by atoms with Crippen LogP contribution in [0.5, 0.6) is 0 Å². The highest BCUT2D eigenvalue weighted by atomic mass is 16.4. The van der Waals surface area contributed by atoms with E-state index in [2.05, 4.69) is 66.0 Å². The molecule has 0 heterocycles. The second kappa shape index (κ2) is 9.70. The van der Waals surface area contributed by atoms with E-state index in [1.165, 1.54) is 11.1 Å². The number of benzene rings is 2. The summed E-state index contributed by atoms with van der Waals surface area (Å²) >= 11 is 0. The van der Waals surface area contributed by atoms with Gasteiger partial charge in [0.25, 0.3) is 0 Å². The molecule has 5 nitrogen and oxygen atoms in total. The maximum atomic E-state index is 11.1. The summed E-state index contributed by atoms with van der Waals surface area (Å²) in [5, 5.41) is 22.2. The van der Waals surface area contributed by atoms with Gasteiger partial charge in [-0.15, -0.1) is 0 Å². The summed E-state index contributed by atoms with van der Waals surface area (Å²) in [5.74, 6) is -2.73. The average molecular weight is 398 g/mol. The van der Waals surface area contributed by atoms with Crippen LogP contribution in [0.3, 0.4) is 0 Å². The Balaban J connectivity index is 0.000000208. The molecule has 5 heteroatoms. The minimum absolute atomic E-state index is 0.387. The van der Waals surface area contributed by atoms with Crippen LogP contribution in [0, 0.1) is 16.7 Å². The molecule has 2 aromatic carbocycles. The average Bonchev–Trinajstić information content (AvgIpc) is 2.94. The van der Waals surface area contributed by atoms with Crippen LogP contribution >= 0.6 is 0 Å². The van der Waals surface area contributed by atoms with Gasteiger partial charge < -0.3 is 20.3 Å². The molecule has 1 aliphatic rings. The number of hydrogen-bond donors (Lipinski definition) is 2. The van der Waals surface area contributed by atoms with Gasteiger partial charge in [-0.1, -0.05) is 74.5 Å². The summed E-state index contributed by atoms with van der Waals surface area (Å²) in [4.78, 5) is 21.9. The second-order valence-electron chi connectivity index (χ2n) is 8.44. The summed E-state index contributed by atoms with van der Waals surface area (Å²) in [6.07, 6.45) is 0.784. The number of carbonyl (C=O) groups is 2. The van der Waals surface area contributed by atoms with Crippen molar-refractivity contribution in [3.8, 4) is 0 Å². The Morgan fingerprint density at radius 1 is 0.966 bits per heavy atom. The van der Waals surface area contributed by atoms with Crippen LogP contribution < -0.4 is 10.4 Å². The quantitative estimate of drug-likeness (QED) is 0.781. The van der Waals surface area contributed by atoms with E-state index >= 15 is 0 Å². The predicted octanol–water partition coefficient (Wildman–Crippen LogP) is 2.21. The number of quaternary nitrogens is 1. The first-order valence-corrected chi connectivity index (χ1v) is 10.0. The van der Waals surface area contributed by atoms with E-state index in [-0.39, 0.29) is 0 Å². The molecule has 29 heavy (non-hydrogen) atoms. The molecule has 3 rings (SSSR count). The molecule has 0 radical (unpaired) electrons. The first kappa shape index (κ1) is 22.6. The third-order valence-electron chi connectivity index (χ3n) is 6.43. The molecular weight excluding hydrogens is 366 g/mol. The van der Waals surface area contributed by atoms with Crippen LogP contribution in [0.25, 0.3) is 0 Å². The van der Waals surface area contributed by atoms with Gasteiger partial charge in [-0.3, -0.25) is 4.79 Å². The normalized spacial score (nSPS) is 22.4. The number of carboxylic acid groups (broad SMARTS) is 2. The Labute approximate surface area is 172 Å². The van der Waals surface area contributed by atoms with Gasteiger partial charge in [0.05, 0.1) is 5.41 Å². The van der Waals surface area contributed by atoms with Crippen molar-refractivity contribution >= 4 is 11.9 Å². The first-order chi connectivity index (χ1) is 13.7. The monoisotopic (exact) mass is 397 g/mol. The molecule has 3 N–H and O–H groups in total. The fourth-order valence-corrected chi connectivity index (χ4v) is 3.93. The Morgan fingerprint density at radius 3 is 1.72 bits per heavy atom. The molecule has 0 aliphatic heterocycles. The van der Waals surface area contributed by atoms with Gasteiger partial charge in [0.1, 0.15) is 13.1 Å². The van der Waals surface area contributed by atoms with Crippen LogP contribution in [-0.4, -0.2) is 17.0 Å². The Bertz CT molecular complexity index is 765. The first-order valence-electron chi connectivity index (χ1n) is 10.0. The van der Waals surface area contributed by atoms with Crippen molar-refractivity contribution in [2.45, 2.75) is 46.7 Å². The SMILES string of the molecule is CC1(C)[C@H](C(=O)[O-])CC[C@]1(C)C(=O)O.c1ccc(C[NH2+]Cc2ccccc2)cc1. The maximum Gasteiger partial charge on any atom is 0.309 e. The number of carbonyl (C=O) groups excluding carboxylic acids is 1. The molecule has 0 aromatic heterocycles. The van der Waals surface area contributed by atoms with Crippen LogP contribution in [0.4, 0.5) is 0 Å². The summed E-state index contributed by atoms with van der Waals surface area (Å²) in [5.41, 5.74) is 1.05. The summed E-state index contributed by atoms with van der Waals surface area (Å²) in [6.45, 7) is 7.09. The van der Waals surface area contributed by atoms with E-state index < -0.39 is 28.7 Å². The number of hydrogen-bond acceptors (Lipinski definition) is 3. The third kappa shape index (κ3) is 5.45. The maximum absolute atomic E-state index is 11.1. The molecule has 0 amide bonds. The molecule has 0 saturated heterocycles. The molecule has 156 valence electrons. The zero-order valence-electron chi connectivity index (χ0n) is 17.4. The van der Waals surface area contributed by atoms with Gasteiger partial charge >= 0.3 is 5.97 Å². The van der Waals surface area contributed by atoms with E-state index in [1.54, 1.807) is 20.8 Å². The van der Waals surface area contributed by atoms with Crippen molar-refractivity contribution in [2.75, 3.05) is 0 Å². The van der Waals surface area contributed by atoms with Gasteiger partial charge in [0.2, 0.25) is 0 Å². The molecule has 1 aliphatic carbocycles. The summed E-state index contributed by atoms with van der Waals surface area (Å²) < 4.78 is 0. The molecular formula is C24H31NO4. The standard InChI is InChI=1S/C14H15N.C10H16O4/c1-3-7-13(8-4-1)11-15-12-14-9-5-2-6-10-14;1-9(2)6(7(11)12)4-5-10(9,3)8(13)14/h1-10,15H,11-12H2;6H,4-5H2,1-3H3,(H,11,12)(H,13,14)/t;6-,10+/m.0/s1. The molecule has 1 saturated carbocycles. The number of rotatable bonds is 6. The van der Waals surface area contributed by atoms with Gasteiger partial charge in [-0.2, -0.15) is 0 Å². The zero-order valence-corrected chi connectivity index (χ0v) is 17.4. The lowest BCUT2D eigenvalue weighted by atomic mass is 9.66. The lowest BCUT2D eigenvalue weighted by molar-refractivity contribution is -0.686. The third-order valence-corrected chi connectivity index (χ3v) is 6.43. The van der Waals surface area contributed by atoms with Crippen molar-refractivity contribution < 1.29 is 25.1 Å². The summed E-state index contributed by atoms with van der Waals surface area (Å²) in [7, 11) is 0. The van der Waals surface area contributed by atoms with Crippen molar-refractivity contribution in [3.63, 3.8) is 0 Å². The molecule has 2 aromatic rings. The molecule has 1 fully saturated rings. The highest BCUT2D eigenvalue weighted by Crippen LogP contribution is 2.55. The highest BCUT2D eigenvalue weighted by Gasteiger charge is 2.56. The van der Waals surface area contributed by atoms with Crippen LogP contribution in [0.2, 0.25) is 0 Å². The molecule has 2 atom stereocenters. The minimum atomic E-state index is -1.14. The van der Waals surface area contributed by atoms with Crippen molar-refractivity contribution in [3.05, 3.63) is 71.8 Å². The number of nitrogens with two attached hydrogens (primary N) is 1. The lowest BCUT2D eigenvalue weighted by Gasteiger charge is -2.38. The van der Waals surface area contributed by atoms with E-state index in [0.717, 1.165) is 13.1 Å². The number of carboxylic acids is 2. The smallest absolute Gasteiger partial charge is 0.309 e. The van der Waals surface area contributed by atoms with Crippen molar-refractivity contribution in [2.24, 2.45) is 16.7 Å². The fraction of sp³-hybridized carbons (Fsp3) is 0.417. The second-order valence-corrected chi connectivity index (χ2v) is 8.44. The van der Waals surface area contributed by atoms with Crippen molar-refractivity contribution in [1.29, 1.82) is 0 Å². The molecule has 0 spiro atoms. The zero-order chi connectivity index (χ0) is 21.5. The van der Waals surface area contributed by atoms with Crippen LogP contribution in [-0.2, 0) is 22.7 Å². The predicted molar refractivity (Wildman–Crippen MR) is 109 cm³/mol. The summed E-state index contributed by atoms with van der Waals surface area (Å²) in [6, 6.07) is 21.1. The van der Waals surface area contributed by atoms with E-state index in [1.807, 2.05) is 0 Å². The highest BCUT2D eigenvalue weighted by molar-refractivity contribution is 5.79. The molecule has 0 unspecified atom stereocenters. The lowest BCUT2D eigenvalue weighted by Crippen LogP contribution is -2.80. The van der Waals surface area contributed by atoms with Gasteiger partial charge in [0.15, 0.2) is 0 Å². The minimum Gasteiger partial charge on any atom is -0.550 e. The van der Waals surface area contributed by atoms with E-state index in [0.29, 0.717) is 12.8 Å². The van der Waals surface area contributed by atoms with Crippen molar-refractivity contribution in [1.82, 2.24) is 0 Å². The Hall–Kier alpha value is -2.66. The topological polar surface area (TPSA) is 94.0 Å². The Morgan fingerprint density at radius 2 is 1.41 bits per heavy atom.